The smallest absolute Gasteiger partial charge is 0.283 e. The van der Waals surface area contributed by atoms with E-state index in [-0.39, 0.29) is 16.5 Å². The third-order valence-electron chi connectivity index (χ3n) is 3.14. The number of sulfonamides is 1. The zero-order valence-electron chi connectivity index (χ0n) is 12.9. The Morgan fingerprint density at radius 1 is 1.04 bits per heavy atom. The topological polar surface area (TPSA) is 75.9 Å². The number of carbonyl (C=O) groups excluding carboxylic acids is 1. The normalized spacial score (nSPS) is 18.0. The van der Waals surface area contributed by atoms with Crippen LogP contribution >= 0.6 is 11.6 Å². The van der Waals surface area contributed by atoms with Gasteiger partial charge in [0.25, 0.3) is 10.0 Å². The summed E-state index contributed by atoms with van der Waals surface area (Å²) in [6.07, 6.45) is 3.08. The molecule has 2 rings (SSSR count). The highest BCUT2D eigenvalue weighted by Crippen LogP contribution is 2.17. The summed E-state index contributed by atoms with van der Waals surface area (Å²) in [5, 5.41) is 0.443. The van der Waals surface area contributed by atoms with Gasteiger partial charge in [0.1, 0.15) is 5.84 Å². The Morgan fingerprint density at radius 2 is 1.65 bits per heavy atom. The highest BCUT2D eigenvalue weighted by atomic mass is 35.5. The molecule has 0 saturated carbocycles. The second kappa shape index (κ2) is 6.60. The lowest BCUT2D eigenvalue weighted by molar-refractivity contribution is -0.111. The van der Waals surface area contributed by atoms with Crippen LogP contribution in [-0.4, -0.2) is 25.7 Å². The van der Waals surface area contributed by atoms with Crippen LogP contribution in [0, 0.1) is 0 Å². The fourth-order valence-electron chi connectivity index (χ4n) is 1.92. The highest BCUT2D eigenvalue weighted by Gasteiger charge is 2.15. The van der Waals surface area contributed by atoms with Crippen LogP contribution in [0.5, 0.6) is 0 Å². The molecule has 5 nitrogen and oxygen atoms in total. The Labute approximate surface area is 140 Å². The lowest BCUT2D eigenvalue weighted by Gasteiger charge is -2.09. The molecule has 0 unspecified atom stereocenters. The van der Waals surface area contributed by atoms with Crippen molar-refractivity contribution in [1.82, 2.24) is 0 Å². The number of allylic oxidation sites excluding steroid dienone is 4. The molecule has 0 N–H and O–H groups in total. The summed E-state index contributed by atoms with van der Waals surface area (Å²) in [6.45, 7) is 4.91. The van der Waals surface area contributed by atoms with Gasteiger partial charge < -0.3 is 0 Å². The van der Waals surface area contributed by atoms with E-state index in [9.17, 15) is 13.2 Å². The molecule has 1 aliphatic carbocycles. The molecule has 7 heteroatoms. The molecule has 1 aromatic carbocycles. The van der Waals surface area contributed by atoms with Crippen molar-refractivity contribution in [3.05, 3.63) is 52.6 Å². The van der Waals surface area contributed by atoms with Crippen LogP contribution in [0.15, 0.2) is 61.8 Å². The fraction of sp³-hybridized carbons (Fsp3) is 0.188. The van der Waals surface area contributed by atoms with Gasteiger partial charge in [-0.2, -0.15) is 8.42 Å². The molecule has 0 bridgehead atoms. The standard InChI is InChI=1S/C16H15ClN2O3S/c1-10-9-16(20)11(2)8-15(10)18-12(3)19-23(21,22)14-6-4-13(17)5-7-14/h4-9H,1-3H3/b18-15?,19-12-. The number of ketones is 1. The van der Waals surface area contributed by atoms with E-state index in [1.807, 2.05) is 0 Å². The Kier molecular flexibility index (Phi) is 4.97. The molecule has 120 valence electrons. The molecule has 0 atom stereocenters. The van der Waals surface area contributed by atoms with E-state index in [1.54, 1.807) is 19.9 Å². The van der Waals surface area contributed by atoms with Gasteiger partial charge in [0.05, 0.1) is 10.6 Å². The van der Waals surface area contributed by atoms with Gasteiger partial charge >= 0.3 is 0 Å². The zero-order valence-corrected chi connectivity index (χ0v) is 14.4. The van der Waals surface area contributed by atoms with Crippen LogP contribution in [-0.2, 0) is 14.8 Å². The zero-order chi connectivity index (χ0) is 17.2. The third kappa shape index (κ3) is 4.24. The van der Waals surface area contributed by atoms with Crippen LogP contribution < -0.4 is 0 Å². The number of nitrogens with zero attached hydrogens (tertiary/aromatic N) is 2. The number of amidine groups is 1. The molecule has 0 radical (unpaired) electrons. The van der Waals surface area contributed by atoms with Crippen molar-refractivity contribution >= 4 is 39.0 Å². The van der Waals surface area contributed by atoms with Gasteiger partial charge in [-0.1, -0.05) is 11.6 Å². The molecule has 1 aromatic rings. The van der Waals surface area contributed by atoms with Crippen molar-refractivity contribution < 1.29 is 13.2 Å². The third-order valence-corrected chi connectivity index (χ3v) is 4.76. The lowest BCUT2D eigenvalue weighted by Crippen LogP contribution is -2.11. The van der Waals surface area contributed by atoms with Crippen LogP contribution in [0.25, 0.3) is 0 Å². The fourth-order valence-corrected chi connectivity index (χ4v) is 3.02. The van der Waals surface area contributed by atoms with Gasteiger partial charge in [0, 0.05) is 5.02 Å². The summed E-state index contributed by atoms with van der Waals surface area (Å²) in [7, 11) is -3.85. The average molecular weight is 351 g/mol. The minimum absolute atomic E-state index is 0.0410. The lowest BCUT2D eigenvalue weighted by atomic mass is 9.99. The van der Waals surface area contributed by atoms with Crippen LogP contribution in [0.1, 0.15) is 20.8 Å². The summed E-state index contributed by atoms with van der Waals surface area (Å²) < 4.78 is 28.1. The molecule has 1 aliphatic rings. The predicted molar refractivity (Wildman–Crippen MR) is 91.7 cm³/mol. The summed E-state index contributed by atoms with van der Waals surface area (Å²) in [5.41, 5.74) is 1.73. The largest absolute Gasteiger partial charge is 0.290 e. The van der Waals surface area contributed by atoms with Gasteiger partial charge in [0.15, 0.2) is 5.78 Å². The molecular formula is C16H15ClN2O3S. The van der Waals surface area contributed by atoms with Gasteiger partial charge in [-0.3, -0.25) is 4.79 Å². The number of hydrogen-bond acceptors (Lipinski definition) is 3. The minimum Gasteiger partial charge on any atom is -0.290 e. The van der Waals surface area contributed by atoms with Crippen molar-refractivity contribution in [2.45, 2.75) is 25.7 Å². The number of benzene rings is 1. The van der Waals surface area contributed by atoms with Gasteiger partial charge in [-0.25, -0.2) is 4.99 Å². The molecule has 0 spiro atoms. The van der Waals surface area contributed by atoms with E-state index < -0.39 is 10.0 Å². The van der Waals surface area contributed by atoms with Gasteiger partial charge in [-0.15, -0.1) is 4.40 Å². The van der Waals surface area contributed by atoms with Crippen molar-refractivity contribution in [1.29, 1.82) is 0 Å². The van der Waals surface area contributed by atoms with Crippen LogP contribution in [0.4, 0.5) is 0 Å². The van der Waals surface area contributed by atoms with E-state index in [0.717, 1.165) is 0 Å². The maximum atomic E-state index is 12.2. The second-order valence-electron chi connectivity index (χ2n) is 5.08. The Hall–Kier alpha value is -2.05. The van der Waals surface area contributed by atoms with Crippen molar-refractivity contribution in [2.24, 2.45) is 9.39 Å². The predicted octanol–water partition coefficient (Wildman–Crippen LogP) is 3.36. The molecule has 0 aromatic heterocycles. The maximum Gasteiger partial charge on any atom is 0.283 e. The summed E-state index contributed by atoms with van der Waals surface area (Å²) in [4.78, 5) is 15.8. The van der Waals surface area contributed by atoms with Crippen LogP contribution in [0.2, 0.25) is 5.02 Å². The van der Waals surface area contributed by atoms with Gasteiger partial charge in [0.2, 0.25) is 0 Å². The molecule has 0 amide bonds. The summed E-state index contributed by atoms with van der Waals surface area (Å²) in [6, 6.07) is 5.74. The Bertz CT molecular complexity index is 876. The Balaban J connectivity index is 2.36. The molecule has 0 heterocycles. The minimum atomic E-state index is -3.85. The molecule has 23 heavy (non-hydrogen) atoms. The van der Waals surface area contributed by atoms with Crippen molar-refractivity contribution in [3.63, 3.8) is 0 Å². The van der Waals surface area contributed by atoms with Crippen LogP contribution in [0.3, 0.4) is 0 Å². The quantitative estimate of drug-likeness (QED) is 0.466. The monoisotopic (exact) mass is 350 g/mol. The van der Waals surface area contributed by atoms with E-state index in [1.165, 1.54) is 37.3 Å². The number of aliphatic imine (C=N–C) groups is 1. The van der Waals surface area contributed by atoms with Gasteiger partial charge in [-0.05, 0) is 68.3 Å². The number of halogens is 1. The first-order valence-electron chi connectivity index (χ1n) is 6.76. The molecule has 0 saturated heterocycles. The first-order valence-corrected chi connectivity index (χ1v) is 8.58. The summed E-state index contributed by atoms with van der Waals surface area (Å²) >= 11 is 5.75. The SMILES string of the molecule is CC1=CC(=N/C(C)=N\S(=O)(=O)c2ccc(Cl)cc2)C(C)=CC1=O. The van der Waals surface area contributed by atoms with Crippen molar-refractivity contribution in [2.75, 3.05) is 0 Å². The van der Waals surface area contributed by atoms with E-state index >= 15 is 0 Å². The second-order valence-corrected chi connectivity index (χ2v) is 7.12. The number of rotatable bonds is 2. The van der Waals surface area contributed by atoms with Crippen molar-refractivity contribution in [3.8, 4) is 0 Å². The average Bonchev–Trinajstić information content (AvgIpc) is 2.44. The first kappa shape index (κ1) is 17.3. The maximum absolute atomic E-state index is 12.2. The first-order chi connectivity index (χ1) is 10.7. The molecule has 0 aliphatic heterocycles. The highest BCUT2D eigenvalue weighted by molar-refractivity contribution is 7.90. The van der Waals surface area contributed by atoms with E-state index in [4.69, 9.17) is 11.6 Å². The Morgan fingerprint density at radius 3 is 2.26 bits per heavy atom. The molecule has 0 fully saturated rings. The number of hydrogen-bond donors (Lipinski definition) is 0. The van der Waals surface area contributed by atoms with E-state index in [2.05, 4.69) is 9.39 Å². The summed E-state index contributed by atoms with van der Waals surface area (Å²) in [5.74, 6) is 0.00549. The van der Waals surface area contributed by atoms with E-state index in [0.29, 0.717) is 21.9 Å². The number of carbonyl (C=O) groups is 1. The molecular weight excluding hydrogens is 336 g/mol.